The van der Waals surface area contributed by atoms with Gasteiger partial charge in [0.15, 0.2) is 6.17 Å². The van der Waals surface area contributed by atoms with Crippen LogP contribution in [0.5, 0.6) is 0 Å². The van der Waals surface area contributed by atoms with E-state index in [-0.39, 0.29) is 17.0 Å². The van der Waals surface area contributed by atoms with Crippen molar-refractivity contribution in [2.45, 2.75) is 30.4 Å². The van der Waals surface area contributed by atoms with Crippen LogP contribution in [0, 0.1) is 2.88 Å². The molecule has 2 aromatic rings. The molecule has 0 spiro atoms. The Labute approximate surface area is 161 Å². The number of nitrogens with one attached hydrogen (secondary N) is 1. The predicted octanol–water partition coefficient (Wildman–Crippen LogP) is 5.51. The molecule has 2 nitrogen and oxygen atoms in total. The van der Waals surface area contributed by atoms with Gasteiger partial charge in [0.05, 0.1) is 18.6 Å². The highest BCUT2D eigenvalue weighted by Gasteiger charge is 2.30. The molecule has 1 aliphatic rings. The lowest BCUT2D eigenvalue weighted by Crippen LogP contribution is -2.45. The molecule has 0 saturated carbocycles. The first-order valence-electron chi connectivity index (χ1n) is 7.60. The van der Waals surface area contributed by atoms with E-state index in [0.717, 1.165) is 29.9 Å². The number of benzene rings is 1. The van der Waals surface area contributed by atoms with E-state index in [0.29, 0.717) is 8.27 Å². The summed E-state index contributed by atoms with van der Waals surface area (Å²) in [6.45, 7) is 1.74. The number of fused-ring (bicyclic) bond motifs is 1. The summed E-state index contributed by atoms with van der Waals surface area (Å²) in [6, 6.07) is 5.48. The number of piperidine rings is 1. The third kappa shape index (κ3) is 3.64. The standard InChI is InChI=1S/C16H17ClF3IN2S/c1-23-6-5-10(9(17)7-23)22-11-4-2-3-8-12(13(18)15(19)20)16(21)24-14(8)11/h2-4,9-10,13,15,22H,5-7H2,1H3. The highest BCUT2D eigenvalue weighted by Crippen LogP contribution is 2.43. The summed E-state index contributed by atoms with van der Waals surface area (Å²) >= 11 is 9.73. The van der Waals surface area contributed by atoms with Crippen LogP contribution < -0.4 is 5.32 Å². The molecule has 3 rings (SSSR count). The highest BCUT2D eigenvalue weighted by atomic mass is 127. The van der Waals surface area contributed by atoms with Crippen LogP contribution in [0.1, 0.15) is 18.2 Å². The maximum Gasteiger partial charge on any atom is 0.273 e. The van der Waals surface area contributed by atoms with Crippen molar-refractivity contribution in [1.29, 1.82) is 0 Å². The number of hydrogen-bond acceptors (Lipinski definition) is 3. The van der Waals surface area contributed by atoms with E-state index < -0.39 is 12.6 Å². The number of alkyl halides is 4. The van der Waals surface area contributed by atoms with Crippen molar-refractivity contribution >= 4 is 61.3 Å². The first kappa shape index (κ1) is 18.5. The molecule has 0 bridgehead atoms. The molecular weight excluding hydrogens is 472 g/mol. The van der Waals surface area contributed by atoms with E-state index in [4.69, 9.17) is 11.6 Å². The zero-order chi connectivity index (χ0) is 17.4. The molecule has 0 aliphatic carbocycles. The first-order valence-corrected chi connectivity index (χ1v) is 9.94. The molecule has 24 heavy (non-hydrogen) atoms. The number of thiophene rings is 1. The Balaban J connectivity index is 1.94. The second-order valence-electron chi connectivity index (χ2n) is 6.03. The second-order valence-corrected chi connectivity index (χ2v) is 9.42. The van der Waals surface area contributed by atoms with Gasteiger partial charge >= 0.3 is 0 Å². The average molecular weight is 489 g/mol. The van der Waals surface area contributed by atoms with Crippen molar-refractivity contribution in [2.75, 3.05) is 25.5 Å². The third-order valence-corrected chi connectivity index (χ3v) is 7.02. The molecule has 1 aromatic heterocycles. The largest absolute Gasteiger partial charge is 0.380 e. The van der Waals surface area contributed by atoms with Crippen LogP contribution in [-0.4, -0.2) is 42.9 Å². The van der Waals surface area contributed by atoms with Gasteiger partial charge in [-0.15, -0.1) is 22.9 Å². The Morgan fingerprint density at radius 1 is 1.38 bits per heavy atom. The van der Waals surface area contributed by atoms with Gasteiger partial charge in [0.25, 0.3) is 6.43 Å². The van der Waals surface area contributed by atoms with Crippen molar-refractivity contribution < 1.29 is 13.2 Å². The minimum atomic E-state index is -3.02. The van der Waals surface area contributed by atoms with Crippen LogP contribution in [0.25, 0.3) is 10.1 Å². The van der Waals surface area contributed by atoms with E-state index in [1.807, 2.05) is 35.7 Å². The number of anilines is 1. The zero-order valence-corrected chi connectivity index (χ0v) is 16.6. The van der Waals surface area contributed by atoms with Crippen molar-refractivity contribution in [3.8, 4) is 0 Å². The van der Waals surface area contributed by atoms with Crippen LogP contribution in [0.15, 0.2) is 18.2 Å². The van der Waals surface area contributed by atoms with Crippen LogP contribution in [0.2, 0.25) is 0 Å². The Bertz CT molecular complexity index is 727. The lowest BCUT2D eigenvalue weighted by atomic mass is 10.0. The van der Waals surface area contributed by atoms with E-state index in [1.54, 1.807) is 12.1 Å². The summed E-state index contributed by atoms with van der Waals surface area (Å²) in [5, 5.41) is 3.96. The molecule has 1 aliphatic heterocycles. The van der Waals surface area contributed by atoms with Crippen LogP contribution in [-0.2, 0) is 0 Å². The van der Waals surface area contributed by atoms with Gasteiger partial charge in [-0.1, -0.05) is 12.1 Å². The summed E-state index contributed by atoms with van der Waals surface area (Å²) in [4.78, 5) is 2.18. The predicted molar refractivity (Wildman–Crippen MR) is 104 cm³/mol. The fraction of sp³-hybridized carbons (Fsp3) is 0.500. The molecule has 0 amide bonds. The smallest absolute Gasteiger partial charge is 0.273 e. The van der Waals surface area contributed by atoms with E-state index >= 15 is 0 Å². The molecule has 1 fully saturated rings. The Kier molecular flexibility index (Phi) is 5.83. The van der Waals surface area contributed by atoms with Gasteiger partial charge in [0, 0.05) is 23.5 Å². The van der Waals surface area contributed by atoms with Crippen LogP contribution in [0.3, 0.4) is 0 Å². The lowest BCUT2D eigenvalue weighted by molar-refractivity contribution is 0.0501. The zero-order valence-electron chi connectivity index (χ0n) is 12.9. The average Bonchev–Trinajstić information content (AvgIpc) is 2.86. The highest BCUT2D eigenvalue weighted by molar-refractivity contribution is 14.1. The molecule has 8 heteroatoms. The van der Waals surface area contributed by atoms with Crippen molar-refractivity contribution in [3.05, 3.63) is 26.6 Å². The quantitative estimate of drug-likeness (QED) is 0.451. The fourth-order valence-electron chi connectivity index (χ4n) is 3.03. The van der Waals surface area contributed by atoms with Crippen molar-refractivity contribution in [3.63, 3.8) is 0 Å². The summed E-state index contributed by atoms with van der Waals surface area (Å²) < 4.78 is 41.1. The molecule has 3 unspecified atom stereocenters. The normalized spacial score (nSPS) is 23.8. The topological polar surface area (TPSA) is 15.3 Å². The molecule has 0 radical (unpaired) electrons. The van der Waals surface area contributed by atoms with Gasteiger partial charge in [-0.25, -0.2) is 13.2 Å². The Hall–Kier alpha value is -0.250. The molecule has 132 valence electrons. The van der Waals surface area contributed by atoms with Gasteiger partial charge in [0.1, 0.15) is 0 Å². The van der Waals surface area contributed by atoms with E-state index in [9.17, 15) is 13.2 Å². The van der Waals surface area contributed by atoms with Crippen LogP contribution in [0.4, 0.5) is 18.9 Å². The molecule has 1 saturated heterocycles. The fourth-order valence-corrected chi connectivity index (χ4v) is 5.73. The first-order chi connectivity index (χ1) is 11.4. The Morgan fingerprint density at radius 2 is 2.12 bits per heavy atom. The molecular formula is C16H17ClF3IN2S. The maximum absolute atomic E-state index is 14.0. The lowest BCUT2D eigenvalue weighted by Gasteiger charge is -2.34. The summed E-state index contributed by atoms with van der Waals surface area (Å²) in [7, 11) is 2.03. The van der Waals surface area contributed by atoms with Gasteiger partial charge in [-0.05, 0) is 48.7 Å². The number of hydrogen-bond donors (Lipinski definition) is 1. The van der Waals surface area contributed by atoms with Gasteiger partial charge in [-0.3, -0.25) is 0 Å². The van der Waals surface area contributed by atoms with Crippen LogP contribution >= 0.6 is 45.5 Å². The second kappa shape index (κ2) is 7.55. The SMILES string of the molecule is CN1CCC(Nc2cccc3c(C(F)C(F)F)c(I)sc23)C(Cl)C1. The van der Waals surface area contributed by atoms with Gasteiger partial charge in [0.2, 0.25) is 0 Å². The maximum atomic E-state index is 14.0. The molecule has 1 aromatic carbocycles. The number of likely N-dealkylation sites (tertiary alicyclic amines) is 1. The van der Waals surface area contributed by atoms with Gasteiger partial charge < -0.3 is 10.2 Å². The van der Waals surface area contributed by atoms with E-state index in [2.05, 4.69) is 10.2 Å². The minimum absolute atomic E-state index is 0.0347. The third-order valence-electron chi connectivity index (χ3n) is 4.29. The minimum Gasteiger partial charge on any atom is -0.380 e. The molecule has 2 heterocycles. The monoisotopic (exact) mass is 488 g/mol. The van der Waals surface area contributed by atoms with Crippen molar-refractivity contribution in [2.24, 2.45) is 0 Å². The molecule has 3 atom stereocenters. The van der Waals surface area contributed by atoms with Crippen molar-refractivity contribution in [1.82, 2.24) is 4.90 Å². The summed E-state index contributed by atoms with van der Waals surface area (Å²) in [5.74, 6) is 0. The number of rotatable bonds is 4. The van der Waals surface area contributed by atoms with E-state index in [1.165, 1.54) is 11.3 Å². The summed E-state index contributed by atoms with van der Waals surface area (Å²) in [5.41, 5.74) is 0.934. The molecule has 1 N–H and O–H groups in total. The van der Waals surface area contributed by atoms with Gasteiger partial charge in [-0.2, -0.15) is 0 Å². The number of nitrogens with zero attached hydrogens (tertiary/aromatic N) is 1. The summed E-state index contributed by atoms with van der Waals surface area (Å²) in [6.07, 6.45) is -4.38. The Morgan fingerprint density at radius 3 is 2.79 bits per heavy atom. The number of halogens is 5.